The lowest BCUT2D eigenvalue weighted by molar-refractivity contribution is 0.631. The van der Waals surface area contributed by atoms with Crippen molar-refractivity contribution in [3.8, 4) is 0 Å². The first-order valence-electron chi connectivity index (χ1n) is 4.78. The van der Waals surface area contributed by atoms with Gasteiger partial charge in [-0.2, -0.15) is 0 Å². The first kappa shape index (κ1) is 11.3. The molecule has 0 aliphatic heterocycles. The van der Waals surface area contributed by atoms with Crippen molar-refractivity contribution in [3.05, 3.63) is 22.1 Å². The number of nitrogens with zero attached hydrogens (tertiary/aromatic N) is 1. The van der Waals surface area contributed by atoms with E-state index in [1.807, 2.05) is 6.92 Å². The molecule has 1 aromatic heterocycles. The molecule has 14 heavy (non-hydrogen) atoms. The van der Waals surface area contributed by atoms with E-state index >= 15 is 0 Å². The largest absolute Gasteiger partial charge is 0.301 e. The van der Waals surface area contributed by atoms with Gasteiger partial charge in [-0.3, -0.25) is 4.79 Å². The summed E-state index contributed by atoms with van der Waals surface area (Å²) in [6.45, 7) is 6.21. The molecule has 0 saturated carbocycles. The first-order valence-corrected chi connectivity index (χ1v) is 5.77. The van der Waals surface area contributed by atoms with Gasteiger partial charge in [0, 0.05) is 17.5 Å². The summed E-state index contributed by atoms with van der Waals surface area (Å²) in [4.78, 5) is 18.1. The molecule has 0 radical (unpaired) electrons. The molecule has 0 atom stereocenters. The molecule has 0 bridgehead atoms. The number of aryl methyl sites for hydroxylation is 1. The average Bonchev–Trinajstić information content (AvgIpc) is 2.01. The predicted molar refractivity (Wildman–Crippen MR) is 59.8 cm³/mol. The third-order valence-corrected chi connectivity index (χ3v) is 2.69. The lowest BCUT2D eigenvalue weighted by atomic mass is 10.2. The number of nitrogens with one attached hydrogen (secondary N) is 1. The van der Waals surface area contributed by atoms with E-state index in [1.54, 1.807) is 11.8 Å². The molecule has 1 heterocycles. The van der Waals surface area contributed by atoms with Crippen molar-refractivity contribution in [2.24, 2.45) is 5.92 Å². The number of hydrogen-bond acceptors (Lipinski definition) is 3. The van der Waals surface area contributed by atoms with Gasteiger partial charge in [0.15, 0.2) is 5.16 Å². The maximum atomic E-state index is 11.1. The van der Waals surface area contributed by atoms with Gasteiger partial charge < -0.3 is 4.98 Å². The van der Waals surface area contributed by atoms with Crippen molar-refractivity contribution >= 4 is 11.8 Å². The summed E-state index contributed by atoms with van der Waals surface area (Å²) in [7, 11) is 0. The van der Waals surface area contributed by atoms with Gasteiger partial charge in [-0.05, 0) is 19.3 Å². The molecule has 0 saturated heterocycles. The molecule has 0 unspecified atom stereocenters. The Balaban J connectivity index is 2.55. The van der Waals surface area contributed by atoms with E-state index in [4.69, 9.17) is 0 Å². The lowest BCUT2D eigenvalue weighted by Crippen LogP contribution is -2.08. The minimum atomic E-state index is -0.0652. The molecule has 78 valence electrons. The molecule has 0 amide bonds. The normalized spacial score (nSPS) is 10.9. The molecule has 0 fully saturated rings. The van der Waals surface area contributed by atoms with Crippen molar-refractivity contribution in [1.82, 2.24) is 9.97 Å². The molecule has 0 aliphatic rings. The van der Waals surface area contributed by atoms with Gasteiger partial charge in [0.2, 0.25) is 0 Å². The predicted octanol–water partition coefficient (Wildman–Crippen LogP) is 2.22. The van der Waals surface area contributed by atoms with Gasteiger partial charge in [-0.15, -0.1) is 0 Å². The van der Waals surface area contributed by atoms with E-state index in [-0.39, 0.29) is 5.56 Å². The topological polar surface area (TPSA) is 45.8 Å². The molecule has 1 rings (SSSR count). The van der Waals surface area contributed by atoms with Crippen LogP contribution in [0.3, 0.4) is 0 Å². The van der Waals surface area contributed by atoms with Gasteiger partial charge in [0.05, 0.1) is 0 Å². The summed E-state index contributed by atoms with van der Waals surface area (Å²) in [6.07, 6.45) is 1.14. The van der Waals surface area contributed by atoms with Crippen LogP contribution in [-0.2, 0) is 0 Å². The molecule has 0 aromatic carbocycles. The van der Waals surface area contributed by atoms with Crippen LogP contribution in [0.2, 0.25) is 0 Å². The summed E-state index contributed by atoms with van der Waals surface area (Å²) in [5, 5.41) is 0.732. The second kappa shape index (κ2) is 5.20. The third-order valence-electron chi connectivity index (χ3n) is 1.78. The Morgan fingerprint density at radius 1 is 1.57 bits per heavy atom. The lowest BCUT2D eigenvalue weighted by Gasteiger charge is -2.03. The van der Waals surface area contributed by atoms with Crippen LogP contribution in [0.25, 0.3) is 0 Å². The Morgan fingerprint density at radius 3 is 2.86 bits per heavy atom. The fourth-order valence-corrected chi connectivity index (χ4v) is 2.18. The third kappa shape index (κ3) is 3.96. The van der Waals surface area contributed by atoms with E-state index in [9.17, 15) is 4.79 Å². The van der Waals surface area contributed by atoms with Crippen LogP contribution in [0.5, 0.6) is 0 Å². The van der Waals surface area contributed by atoms with Crippen LogP contribution in [0, 0.1) is 12.8 Å². The van der Waals surface area contributed by atoms with Crippen molar-refractivity contribution in [1.29, 1.82) is 0 Å². The second-order valence-electron chi connectivity index (χ2n) is 3.72. The first-order chi connectivity index (χ1) is 6.58. The average molecular weight is 212 g/mol. The van der Waals surface area contributed by atoms with Crippen molar-refractivity contribution in [2.45, 2.75) is 32.3 Å². The zero-order chi connectivity index (χ0) is 10.6. The van der Waals surface area contributed by atoms with Crippen LogP contribution in [0.15, 0.2) is 16.0 Å². The second-order valence-corrected chi connectivity index (χ2v) is 4.81. The molecule has 1 aromatic rings. The van der Waals surface area contributed by atoms with Crippen LogP contribution in [0.1, 0.15) is 26.0 Å². The Bertz CT molecular complexity index is 346. The van der Waals surface area contributed by atoms with Gasteiger partial charge in [0.25, 0.3) is 5.56 Å². The summed E-state index contributed by atoms with van der Waals surface area (Å²) in [6, 6.07) is 1.51. The standard InChI is InChI=1S/C10H16N2OS/c1-7(2)4-5-14-10-11-8(3)6-9(13)12-10/h6-7H,4-5H2,1-3H3,(H,11,12,13). The molecule has 1 N–H and O–H groups in total. The number of aromatic nitrogens is 2. The van der Waals surface area contributed by atoms with Gasteiger partial charge in [0.1, 0.15) is 0 Å². The number of thioether (sulfide) groups is 1. The van der Waals surface area contributed by atoms with Crippen LogP contribution in [0.4, 0.5) is 0 Å². The maximum absolute atomic E-state index is 11.1. The summed E-state index contributed by atoms with van der Waals surface area (Å²) >= 11 is 1.61. The Hall–Kier alpha value is -0.770. The Kier molecular flexibility index (Phi) is 4.20. The van der Waals surface area contributed by atoms with E-state index < -0.39 is 0 Å². The Labute approximate surface area is 88.3 Å². The highest BCUT2D eigenvalue weighted by Crippen LogP contribution is 2.14. The highest BCUT2D eigenvalue weighted by atomic mass is 32.2. The molecular formula is C10H16N2OS. The van der Waals surface area contributed by atoms with Gasteiger partial charge >= 0.3 is 0 Å². The smallest absolute Gasteiger partial charge is 0.251 e. The summed E-state index contributed by atoms with van der Waals surface area (Å²) in [5.41, 5.74) is 0.713. The van der Waals surface area contributed by atoms with E-state index in [0.717, 1.165) is 23.0 Å². The maximum Gasteiger partial charge on any atom is 0.251 e. The van der Waals surface area contributed by atoms with Gasteiger partial charge in [-0.25, -0.2) is 4.98 Å². The molecule has 3 nitrogen and oxygen atoms in total. The molecule has 4 heteroatoms. The van der Waals surface area contributed by atoms with E-state index in [1.165, 1.54) is 6.07 Å². The number of aromatic amines is 1. The van der Waals surface area contributed by atoms with E-state index in [2.05, 4.69) is 23.8 Å². The van der Waals surface area contributed by atoms with Crippen LogP contribution < -0.4 is 5.56 Å². The molecule has 0 aliphatic carbocycles. The van der Waals surface area contributed by atoms with Crippen LogP contribution >= 0.6 is 11.8 Å². The highest BCUT2D eigenvalue weighted by molar-refractivity contribution is 7.99. The minimum absolute atomic E-state index is 0.0652. The van der Waals surface area contributed by atoms with Crippen molar-refractivity contribution < 1.29 is 0 Å². The number of H-pyrrole nitrogens is 1. The SMILES string of the molecule is Cc1cc(=O)[nH]c(SCCC(C)C)n1. The van der Waals surface area contributed by atoms with Crippen molar-refractivity contribution in [2.75, 3.05) is 5.75 Å². The number of hydrogen-bond donors (Lipinski definition) is 1. The fourth-order valence-electron chi connectivity index (χ4n) is 1.01. The minimum Gasteiger partial charge on any atom is -0.301 e. The molecule has 0 spiro atoms. The zero-order valence-corrected chi connectivity index (χ0v) is 9.65. The Morgan fingerprint density at radius 2 is 2.29 bits per heavy atom. The van der Waals surface area contributed by atoms with Crippen LogP contribution in [-0.4, -0.2) is 15.7 Å². The highest BCUT2D eigenvalue weighted by Gasteiger charge is 2.00. The summed E-state index contributed by atoms with van der Waals surface area (Å²) < 4.78 is 0. The van der Waals surface area contributed by atoms with Crippen molar-refractivity contribution in [3.63, 3.8) is 0 Å². The quantitative estimate of drug-likeness (QED) is 0.615. The van der Waals surface area contributed by atoms with E-state index in [0.29, 0.717) is 5.92 Å². The zero-order valence-electron chi connectivity index (χ0n) is 8.83. The van der Waals surface area contributed by atoms with Gasteiger partial charge in [-0.1, -0.05) is 25.6 Å². The monoisotopic (exact) mass is 212 g/mol. The molecular weight excluding hydrogens is 196 g/mol. The number of rotatable bonds is 4. The fraction of sp³-hybridized carbons (Fsp3) is 0.600. The summed E-state index contributed by atoms with van der Waals surface area (Å²) in [5.74, 6) is 1.70.